The van der Waals surface area contributed by atoms with E-state index in [0.717, 1.165) is 5.57 Å². The third-order valence-corrected chi connectivity index (χ3v) is 4.44. The number of fused-ring (bicyclic) bond motifs is 1. The fourth-order valence-electron chi connectivity index (χ4n) is 2.93. The van der Waals surface area contributed by atoms with E-state index in [9.17, 15) is 9.59 Å². The molecule has 0 unspecified atom stereocenters. The Morgan fingerprint density at radius 3 is 2.40 bits per heavy atom. The maximum absolute atomic E-state index is 13.3. The molecule has 6 nitrogen and oxygen atoms in total. The number of benzene rings is 2. The molecule has 0 bridgehead atoms. The maximum Gasteiger partial charge on any atom is 0.375 e. The normalized spacial score (nSPS) is 10.5. The highest BCUT2D eigenvalue weighted by atomic mass is 16.5. The minimum atomic E-state index is -0.696. The Morgan fingerprint density at radius 2 is 1.77 bits per heavy atom. The van der Waals surface area contributed by atoms with Crippen molar-refractivity contribution >= 4 is 16.9 Å². The summed E-state index contributed by atoms with van der Waals surface area (Å²) in [7, 11) is 1.56. The molecular formula is C24H24O6. The van der Waals surface area contributed by atoms with E-state index < -0.39 is 5.97 Å². The molecule has 0 spiro atoms. The van der Waals surface area contributed by atoms with Crippen molar-refractivity contribution in [3.63, 3.8) is 0 Å². The molecule has 1 aromatic heterocycles. The largest absolute Gasteiger partial charge is 0.497 e. The summed E-state index contributed by atoms with van der Waals surface area (Å²) in [4.78, 5) is 25.8. The van der Waals surface area contributed by atoms with Crippen LogP contribution in [0.3, 0.4) is 0 Å². The van der Waals surface area contributed by atoms with Gasteiger partial charge in [0.1, 0.15) is 23.7 Å². The smallest absolute Gasteiger partial charge is 0.375 e. The van der Waals surface area contributed by atoms with Crippen molar-refractivity contribution in [1.82, 2.24) is 0 Å². The summed E-state index contributed by atoms with van der Waals surface area (Å²) in [6.45, 7) is 6.21. The third kappa shape index (κ3) is 4.54. The van der Waals surface area contributed by atoms with Crippen molar-refractivity contribution in [2.24, 2.45) is 0 Å². The Hall–Kier alpha value is -3.54. The van der Waals surface area contributed by atoms with Crippen molar-refractivity contribution < 1.29 is 23.4 Å². The van der Waals surface area contributed by atoms with Gasteiger partial charge < -0.3 is 18.6 Å². The molecule has 156 valence electrons. The van der Waals surface area contributed by atoms with Crippen LogP contribution < -0.4 is 14.9 Å². The van der Waals surface area contributed by atoms with Crippen molar-refractivity contribution in [3.05, 3.63) is 70.1 Å². The first-order valence-corrected chi connectivity index (χ1v) is 9.63. The van der Waals surface area contributed by atoms with Gasteiger partial charge in [-0.1, -0.05) is 17.7 Å². The van der Waals surface area contributed by atoms with Gasteiger partial charge in [-0.2, -0.15) is 0 Å². The number of hydrogen-bond donors (Lipinski definition) is 0. The van der Waals surface area contributed by atoms with Gasteiger partial charge >= 0.3 is 5.97 Å². The van der Waals surface area contributed by atoms with Crippen molar-refractivity contribution in [2.75, 3.05) is 20.3 Å². The van der Waals surface area contributed by atoms with Crippen LogP contribution in [0.15, 0.2) is 63.3 Å². The number of esters is 1. The third-order valence-electron chi connectivity index (χ3n) is 4.44. The molecule has 0 saturated carbocycles. The van der Waals surface area contributed by atoms with Gasteiger partial charge in [-0.15, -0.1) is 0 Å². The number of hydrogen-bond acceptors (Lipinski definition) is 6. The molecule has 30 heavy (non-hydrogen) atoms. The molecule has 1 heterocycles. The SMILES string of the molecule is CCOC(=O)c1oc2cc(OCC=C(C)C)ccc2c(=O)c1-c1ccc(OC)cc1. The summed E-state index contributed by atoms with van der Waals surface area (Å²) in [5.41, 5.74) is 1.77. The summed E-state index contributed by atoms with van der Waals surface area (Å²) >= 11 is 0. The van der Waals surface area contributed by atoms with Gasteiger partial charge in [-0.3, -0.25) is 4.79 Å². The predicted molar refractivity (Wildman–Crippen MR) is 115 cm³/mol. The zero-order valence-electron chi connectivity index (χ0n) is 17.5. The zero-order valence-corrected chi connectivity index (χ0v) is 17.5. The maximum atomic E-state index is 13.3. The lowest BCUT2D eigenvalue weighted by molar-refractivity contribution is 0.0492. The van der Waals surface area contributed by atoms with E-state index in [4.69, 9.17) is 18.6 Å². The van der Waals surface area contributed by atoms with E-state index >= 15 is 0 Å². The van der Waals surface area contributed by atoms with Crippen LogP contribution in [0, 0.1) is 0 Å². The number of carbonyl (C=O) groups is 1. The van der Waals surface area contributed by atoms with Crippen molar-refractivity contribution in [2.45, 2.75) is 20.8 Å². The number of carbonyl (C=O) groups excluding carboxylic acids is 1. The Balaban J connectivity index is 2.15. The minimum Gasteiger partial charge on any atom is -0.497 e. The highest BCUT2D eigenvalue weighted by molar-refractivity contribution is 5.97. The lowest BCUT2D eigenvalue weighted by Gasteiger charge is -2.11. The highest BCUT2D eigenvalue weighted by Crippen LogP contribution is 2.28. The molecule has 2 aromatic carbocycles. The average molecular weight is 408 g/mol. The standard InChI is InChI=1S/C24H24O6/c1-5-28-24(26)23-21(16-6-8-17(27-4)9-7-16)22(25)19-11-10-18(14-20(19)30-23)29-13-12-15(2)3/h6-12,14H,5,13H2,1-4H3. The molecule has 0 fully saturated rings. The van der Waals surface area contributed by atoms with Gasteiger partial charge in [0.15, 0.2) is 0 Å². The van der Waals surface area contributed by atoms with E-state index in [-0.39, 0.29) is 28.9 Å². The molecule has 0 saturated heterocycles. The van der Waals surface area contributed by atoms with E-state index in [1.54, 1.807) is 56.5 Å². The Kier molecular flexibility index (Phi) is 6.57. The fraction of sp³-hybridized carbons (Fsp3) is 0.250. The van der Waals surface area contributed by atoms with E-state index in [1.807, 2.05) is 19.9 Å². The summed E-state index contributed by atoms with van der Waals surface area (Å²) in [5, 5.41) is 0.350. The van der Waals surface area contributed by atoms with E-state index in [0.29, 0.717) is 29.1 Å². The summed E-state index contributed by atoms with van der Waals surface area (Å²) in [5.74, 6) is 0.342. The van der Waals surface area contributed by atoms with Crippen LogP contribution in [0.2, 0.25) is 0 Å². The summed E-state index contributed by atoms with van der Waals surface area (Å²) < 4.78 is 21.8. The molecule has 0 aliphatic carbocycles. The molecule has 0 radical (unpaired) electrons. The first-order chi connectivity index (χ1) is 14.4. The molecular weight excluding hydrogens is 384 g/mol. The number of allylic oxidation sites excluding steroid dienone is 1. The Labute approximate surface area is 174 Å². The minimum absolute atomic E-state index is 0.138. The summed E-state index contributed by atoms with van der Waals surface area (Å²) in [6, 6.07) is 11.8. The monoisotopic (exact) mass is 408 g/mol. The van der Waals surface area contributed by atoms with Crippen LogP contribution in [0.5, 0.6) is 11.5 Å². The average Bonchev–Trinajstić information content (AvgIpc) is 2.73. The number of methoxy groups -OCH3 is 1. The van der Waals surface area contributed by atoms with E-state index in [1.165, 1.54) is 0 Å². The number of rotatable bonds is 7. The Morgan fingerprint density at radius 1 is 1.07 bits per heavy atom. The van der Waals surface area contributed by atoms with Crippen LogP contribution in [0.25, 0.3) is 22.1 Å². The van der Waals surface area contributed by atoms with Gasteiger partial charge in [-0.05, 0) is 56.7 Å². The lowest BCUT2D eigenvalue weighted by atomic mass is 10.0. The molecule has 0 amide bonds. The number of ether oxygens (including phenoxy) is 3. The molecule has 0 N–H and O–H groups in total. The highest BCUT2D eigenvalue weighted by Gasteiger charge is 2.23. The quantitative estimate of drug-likeness (QED) is 0.405. The molecule has 3 rings (SSSR count). The van der Waals surface area contributed by atoms with Crippen molar-refractivity contribution in [1.29, 1.82) is 0 Å². The van der Waals surface area contributed by atoms with Gasteiger partial charge in [0.25, 0.3) is 0 Å². The lowest BCUT2D eigenvalue weighted by Crippen LogP contribution is -2.15. The van der Waals surface area contributed by atoms with Crippen LogP contribution >= 0.6 is 0 Å². The topological polar surface area (TPSA) is 75.0 Å². The zero-order chi connectivity index (χ0) is 21.7. The second kappa shape index (κ2) is 9.31. The first-order valence-electron chi connectivity index (χ1n) is 9.63. The molecule has 0 aliphatic rings. The second-order valence-corrected chi connectivity index (χ2v) is 6.83. The van der Waals surface area contributed by atoms with Crippen molar-refractivity contribution in [3.8, 4) is 22.6 Å². The van der Waals surface area contributed by atoms with Gasteiger partial charge in [-0.25, -0.2) is 4.79 Å². The summed E-state index contributed by atoms with van der Waals surface area (Å²) in [6.07, 6.45) is 1.94. The van der Waals surface area contributed by atoms with Crippen LogP contribution in [-0.2, 0) is 4.74 Å². The first kappa shape index (κ1) is 21.2. The van der Waals surface area contributed by atoms with Crippen LogP contribution in [-0.4, -0.2) is 26.3 Å². The van der Waals surface area contributed by atoms with E-state index in [2.05, 4.69) is 0 Å². The van der Waals surface area contributed by atoms with Gasteiger partial charge in [0.05, 0.1) is 24.7 Å². The Bertz CT molecular complexity index is 1130. The van der Waals surface area contributed by atoms with Crippen LogP contribution in [0.4, 0.5) is 0 Å². The van der Waals surface area contributed by atoms with Gasteiger partial charge in [0.2, 0.25) is 11.2 Å². The van der Waals surface area contributed by atoms with Crippen LogP contribution in [0.1, 0.15) is 31.3 Å². The second-order valence-electron chi connectivity index (χ2n) is 6.83. The molecule has 6 heteroatoms. The fourth-order valence-corrected chi connectivity index (χ4v) is 2.93. The molecule has 3 aromatic rings. The molecule has 0 atom stereocenters. The van der Waals surface area contributed by atoms with Gasteiger partial charge in [0, 0.05) is 6.07 Å². The predicted octanol–water partition coefficient (Wildman–Crippen LogP) is 4.99. The molecule has 0 aliphatic heterocycles.